The lowest BCUT2D eigenvalue weighted by Gasteiger charge is -2.10. The molecule has 0 unspecified atom stereocenters. The molecule has 0 aliphatic rings. The number of benzene rings is 6. The van der Waals surface area contributed by atoms with Crippen molar-refractivity contribution in [2.45, 2.75) is 0 Å². The quantitative estimate of drug-likeness (QED) is 0.199. The summed E-state index contributed by atoms with van der Waals surface area (Å²) in [5.74, 6) is 0.744. The number of hydrogen-bond acceptors (Lipinski definition) is 4. The predicted molar refractivity (Wildman–Crippen MR) is 193 cm³/mol. The largest absolute Gasteiger partial charge is 0.309 e. The van der Waals surface area contributed by atoms with E-state index in [1.807, 2.05) is 17.4 Å². The van der Waals surface area contributed by atoms with E-state index in [9.17, 15) is 0 Å². The summed E-state index contributed by atoms with van der Waals surface area (Å²) in [7, 11) is 0. The Labute approximate surface area is 266 Å². The van der Waals surface area contributed by atoms with Gasteiger partial charge in [-0.15, -0.1) is 22.7 Å². The van der Waals surface area contributed by atoms with E-state index in [1.54, 1.807) is 11.3 Å². The normalized spacial score (nSPS) is 12.0. The molecule has 0 amide bonds. The molecule has 0 N–H and O–H groups in total. The lowest BCUT2D eigenvalue weighted by molar-refractivity contribution is 1.18. The van der Waals surface area contributed by atoms with Gasteiger partial charge in [-0.1, -0.05) is 84.9 Å². The summed E-state index contributed by atoms with van der Waals surface area (Å²) < 4.78 is 6.25. The Morgan fingerprint density at radius 3 is 1.96 bits per heavy atom. The van der Waals surface area contributed by atoms with E-state index in [-0.39, 0.29) is 0 Å². The smallest absolute Gasteiger partial charge is 0.161 e. The fraction of sp³-hybridized carbons (Fsp3) is 0. The fourth-order valence-corrected chi connectivity index (χ4v) is 8.98. The Bertz CT molecular complexity index is 2750. The van der Waals surface area contributed by atoms with E-state index in [0.29, 0.717) is 0 Å². The topological polar surface area (TPSA) is 30.7 Å². The van der Waals surface area contributed by atoms with Crippen molar-refractivity contribution in [1.82, 2.24) is 14.5 Å². The standard InChI is InChI=1S/C40H23N3S2/c1-2-10-24(11-3-1)38-37-29-14-6-9-17-35(29)45-40(37)42-39(41-38)25-18-20-26(21-19-25)43-32-15-7-4-12-27(32)30-22-31-28-13-5-8-16-34(28)44-36(31)23-33(30)43/h1-23H. The summed E-state index contributed by atoms with van der Waals surface area (Å²) in [5.41, 5.74) is 6.63. The Balaban J connectivity index is 1.16. The highest BCUT2D eigenvalue weighted by molar-refractivity contribution is 7.26. The van der Waals surface area contributed by atoms with Crippen LogP contribution in [0.2, 0.25) is 0 Å². The van der Waals surface area contributed by atoms with Crippen LogP contribution in [0.5, 0.6) is 0 Å². The maximum absolute atomic E-state index is 5.20. The van der Waals surface area contributed by atoms with E-state index in [2.05, 4.69) is 138 Å². The van der Waals surface area contributed by atoms with E-state index in [0.717, 1.165) is 38.5 Å². The summed E-state index contributed by atoms with van der Waals surface area (Å²) in [6.45, 7) is 0. The maximum Gasteiger partial charge on any atom is 0.161 e. The Kier molecular flexibility index (Phi) is 5.32. The summed E-state index contributed by atoms with van der Waals surface area (Å²) >= 11 is 3.59. The van der Waals surface area contributed by atoms with Crippen molar-refractivity contribution in [3.63, 3.8) is 0 Å². The van der Waals surface area contributed by atoms with E-state index >= 15 is 0 Å². The molecule has 0 aliphatic heterocycles. The van der Waals surface area contributed by atoms with Gasteiger partial charge in [0.05, 0.1) is 16.7 Å². The average Bonchev–Trinajstić information content (AvgIpc) is 3.76. The van der Waals surface area contributed by atoms with Gasteiger partial charge in [-0.2, -0.15) is 0 Å². The van der Waals surface area contributed by atoms with Crippen LogP contribution in [0.25, 0.3) is 90.6 Å². The number of hydrogen-bond donors (Lipinski definition) is 0. The van der Waals surface area contributed by atoms with Gasteiger partial charge in [0.1, 0.15) is 4.83 Å². The third kappa shape index (κ3) is 3.75. The Morgan fingerprint density at radius 1 is 0.444 bits per heavy atom. The van der Waals surface area contributed by atoms with E-state index < -0.39 is 0 Å². The maximum atomic E-state index is 5.20. The van der Waals surface area contributed by atoms with Crippen molar-refractivity contribution < 1.29 is 0 Å². The average molecular weight is 610 g/mol. The second-order valence-electron chi connectivity index (χ2n) is 11.4. The highest BCUT2D eigenvalue weighted by atomic mass is 32.1. The van der Waals surface area contributed by atoms with Crippen LogP contribution >= 0.6 is 22.7 Å². The van der Waals surface area contributed by atoms with Crippen molar-refractivity contribution in [2.24, 2.45) is 0 Å². The van der Waals surface area contributed by atoms with Gasteiger partial charge >= 0.3 is 0 Å². The molecule has 0 fully saturated rings. The molecule has 0 aliphatic carbocycles. The molecule has 10 rings (SSSR count). The first-order valence-electron chi connectivity index (χ1n) is 15.0. The monoisotopic (exact) mass is 609 g/mol. The number of fused-ring (bicyclic) bond motifs is 9. The first-order chi connectivity index (χ1) is 22.3. The van der Waals surface area contributed by atoms with Crippen LogP contribution in [0.1, 0.15) is 0 Å². The van der Waals surface area contributed by atoms with Crippen LogP contribution in [0.3, 0.4) is 0 Å². The number of thiophene rings is 2. The van der Waals surface area contributed by atoms with Gasteiger partial charge in [0, 0.05) is 63.2 Å². The number of rotatable bonds is 3. The molecule has 0 radical (unpaired) electrons. The number of nitrogens with zero attached hydrogens (tertiary/aromatic N) is 3. The second kappa shape index (κ2) is 9.57. The first-order valence-corrected chi connectivity index (χ1v) is 16.6. The van der Waals surface area contributed by atoms with Crippen molar-refractivity contribution >= 4 is 85.0 Å². The Morgan fingerprint density at radius 2 is 1.13 bits per heavy atom. The van der Waals surface area contributed by atoms with Crippen molar-refractivity contribution in [3.8, 4) is 28.3 Å². The summed E-state index contributed by atoms with van der Waals surface area (Å²) in [4.78, 5) is 11.3. The van der Waals surface area contributed by atoms with Crippen LogP contribution in [-0.4, -0.2) is 14.5 Å². The first kappa shape index (κ1) is 25.0. The highest BCUT2D eigenvalue weighted by Crippen LogP contribution is 2.42. The van der Waals surface area contributed by atoms with Crippen molar-refractivity contribution in [2.75, 3.05) is 0 Å². The molecular formula is C40H23N3S2. The van der Waals surface area contributed by atoms with E-state index in [4.69, 9.17) is 9.97 Å². The molecule has 45 heavy (non-hydrogen) atoms. The summed E-state index contributed by atoms with van der Waals surface area (Å²) in [6, 6.07) is 49.9. The second-order valence-corrected chi connectivity index (χ2v) is 13.5. The molecule has 0 spiro atoms. The third-order valence-electron chi connectivity index (χ3n) is 8.84. The molecule has 210 valence electrons. The molecule has 6 aromatic carbocycles. The Hall–Kier alpha value is -5.36. The van der Waals surface area contributed by atoms with Gasteiger partial charge in [0.2, 0.25) is 0 Å². The van der Waals surface area contributed by atoms with Crippen LogP contribution in [-0.2, 0) is 0 Å². The lowest BCUT2D eigenvalue weighted by Crippen LogP contribution is -1.96. The zero-order chi connectivity index (χ0) is 29.5. The number of aromatic nitrogens is 3. The minimum Gasteiger partial charge on any atom is -0.309 e. The summed E-state index contributed by atoms with van der Waals surface area (Å²) in [5, 5.41) is 7.52. The minimum atomic E-state index is 0.744. The third-order valence-corrected chi connectivity index (χ3v) is 11.0. The van der Waals surface area contributed by atoms with E-state index in [1.165, 1.54) is 52.1 Å². The molecule has 5 heteroatoms. The van der Waals surface area contributed by atoms with Gasteiger partial charge in [0.25, 0.3) is 0 Å². The highest BCUT2D eigenvalue weighted by Gasteiger charge is 2.18. The number of para-hydroxylation sites is 1. The molecule has 0 saturated heterocycles. The summed E-state index contributed by atoms with van der Waals surface area (Å²) in [6.07, 6.45) is 0. The molecule has 3 nitrogen and oxygen atoms in total. The van der Waals surface area contributed by atoms with Gasteiger partial charge < -0.3 is 4.57 Å². The predicted octanol–water partition coefficient (Wildman–Crippen LogP) is 11.6. The molecule has 4 aromatic heterocycles. The molecule has 0 bridgehead atoms. The molecular weight excluding hydrogens is 587 g/mol. The van der Waals surface area contributed by atoms with Crippen LogP contribution in [0.4, 0.5) is 0 Å². The van der Waals surface area contributed by atoms with Crippen LogP contribution < -0.4 is 0 Å². The van der Waals surface area contributed by atoms with Gasteiger partial charge in [-0.25, -0.2) is 9.97 Å². The van der Waals surface area contributed by atoms with Crippen molar-refractivity contribution in [3.05, 3.63) is 140 Å². The van der Waals surface area contributed by atoms with Crippen molar-refractivity contribution in [1.29, 1.82) is 0 Å². The minimum absolute atomic E-state index is 0.744. The molecule has 4 heterocycles. The fourth-order valence-electron chi connectivity index (χ4n) is 6.78. The van der Waals surface area contributed by atoms with Crippen LogP contribution in [0.15, 0.2) is 140 Å². The molecule has 10 aromatic rings. The zero-order valence-corrected chi connectivity index (χ0v) is 25.6. The van der Waals surface area contributed by atoms with Crippen LogP contribution in [0, 0.1) is 0 Å². The molecule has 0 atom stereocenters. The molecule has 0 saturated carbocycles. The zero-order valence-electron chi connectivity index (χ0n) is 23.9. The van der Waals surface area contributed by atoms with Gasteiger partial charge in [0.15, 0.2) is 5.82 Å². The van der Waals surface area contributed by atoms with Gasteiger partial charge in [-0.3, -0.25) is 0 Å². The lowest BCUT2D eigenvalue weighted by atomic mass is 10.1. The van der Waals surface area contributed by atoms with Gasteiger partial charge in [-0.05, 0) is 54.6 Å². The SMILES string of the molecule is c1ccc(-c2nc(-c3ccc(-n4c5ccccc5c5cc6c(cc54)sc4ccccc46)cc3)nc3sc4ccccc4c23)cc1.